The van der Waals surface area contributed by atoms with E-state index >= 15 is 0 Å². The second-order valence-corrected chi connectivity index (χ2v) is 4.57. The summed E-state index contributed by atoms with van der Waals surface area (Å²) >= 11 is 0. The van der Waals surface area contributed by atoms with Crippen molar-refractivity contribution >= 4 is 0 Å². The van der Waals surface area contributed by atoms with Crippen LogP contribution in [-0.4, -0.2) is 18.1 Å². The Hall–Kier alpha value is -0.890. The highest BCUT2D eigenvalue weighted by Gasteiger charge is 2.18. The van der Waals surface area contributed by atoms with Gasteiger partial charge in [-0.1, -0.05) is 55.4 Å². The van der Waals surface area contributed by atoms with Crippen LogP contribution in [0.4, 0.5) is 0 Å². The summed E-state index contributed by atoms with van der Waals surface area (Å²) in [4.78, 5) is 4.49. The molecule has 2 heteroatoms. The average molecular weight is 325 g/mol. The summed E-state index contributed by atoms with van der Waals surface area (Å²) in [5, 5.41) is 3.41. The molecule has 1 fully saturated rings. The van der Waals surface area contributed by atoms with Crippen molar-refractivity contribution in [3.63, 3.8) is 0 Å². The van der Waals surface area contributed by atoms with Crippen LogP contribution in [0.3, 0.4) is 0 Å². The van der Waals surface area contributed by atoms with E-state index in [0.29, 0.717) is 0 Å². The van der Waals surface area contributed by atoms with E-state index in [1.807, 2.05) is 55.4 Å². The third-order valence-electron chi connectivity index (χ3n) is 3.71. The van der Waals surface area contributed by atoms with Gasteiger partial charge in [-0.25, -0.2) is 0 Å². The summed E-state index contributed by atoms with van der Waals surface area (Å²) in [6, 6.07) is 0. The summed E-state index contributed by atoms with van der Waals surface area (Å²) in [5.41, 5.74) is 5.46. The van der Waals surface area contributed by atoms with Crippen LogP contribution in [0.5, 0.6) is 0 Å². The zero-order valence-electron chi connectivity index (χ0n) is 17.9. The molecule has 0 spiro atoms. The molecule has 138 valence electrons. The molecule has 1 aliphatic heterocycles. The number of nitrogens with zero attached hydrogens (tertiary/aromatic N) is 1. The first-order chi connectivity index (χ1) is 11.2. The Bertz CT molecular complexity index is 353. The van der Waals surface area contributed by atoms with Crippen LogP contribution in [0.15, 0.2) is 6.20 Å². The zero-order chi connectivity index (χ0) is 18.8. The minimum Gasteiger partial charge on any atom is -0.317 e. The highest BCUT2D eigenvalue weighted by molar-refractivity contribution is 5.36. The number of hydrogen-bond donors (Lipinski definition) is 1. The highest BCUT2D eigenvalue weighted by atomic mass is 14.9. The molecular weight excluding hydrogens is 280 g/mol. The predicted octanol–water partition coefficient (Wildman–Crippen LogP) is 6.58. The van der Waals surface area contributed by atoms with E-state index in [1.165, 1.54) is 35.2 Å². The fraction of sp³-hybridized carbons (Fsp3) is 0.762. The van der Waals surface area contributed by atoms with Gasteiger partial charge < -0.3 is 5.32 Å². The third kappa shape index (κ3) is 9.76. The molecule has 0 unspecified atom stereocenters. The van der Waals surface area contributed by atoms with Gasteiger partial charge in [-0.2, -0.15) is 0 Å². The van der Waals surface area contributed by atoms with Gasteiger partial charge in [0.15, 0.2) is 0 Å². The molecule has 2 heterocycles. The summed E-state index contributed by atoms with van der Waals surface area (Å²) in [6.45, 7) is 24.8. The maximum absolute atomic E-state index is 4.49. The highest BCUT2D eigenvalue weighted by Crippen LogP contribution is 2.29. The van der Waals surface area contributed by atoms with Gasteiger partial charge in [0.25, 0.3) is 0 Å². The van der Waals surface area contributed by atoms with Crippen LogP contribution in [-0.2, 0) is 0 Å². The monoisotopic (exact) mass is 324 g/mol. The van der Waals surface area contributed by atoms with Gasteiger partial charge >= 0.3 is 0 Å². The molecule has 2 nitrogen and oxygen atoms in total. The molecule has 2 rings (SSSR count). The van der Waals surface area contributed by atoms with Crippen molar-refractivity contribution in [1.29, 1.82) is 0 Å². The lowest BCUT2D eigenvalue weighted by Crippen LogP contribution is -2.27. The Morgan fingerprint density at radius 2 is 1.22 bits per heavy atom. The number of hydrogen-bond acceptors (Lipinski definition) is 2. The normalized spacial score (nSPS) is 12.8. The maximum atomic E-state index is 4.49. The summed E-state index contributed by atoms with van der Waals surface area (Å²) in [5.74, 6) is 0.720. The number of aromatic nitrogens is 1. The molecular formula is C21H44N2. The largest absolute Gasteiger partial charge is 0.317 e. The van der Waals surface area contributed by atoms with Crippen LogP contribution in [0.1, 0.15) is 96.5 Å². The van der Waals surface area contributed by atoms with Gasteiger partial charge in [0.1, 0.15) is 0 Å². The number of aryl methyl sites for hydroxylation is 1. The molecule has 1 aromatic rings. The Morgan fingerprint density at radius 1 is 0.783 bits per heavy atom. The van der Waals surface area contributed by atoms with Crippen LogP contribution >= 0.6 is 0 Å². The molecule has 0 amide bonds. The van der Waals surface area contributed by atoms with Crippen molar-refractivity contribution in [1.82, 2.24) is 10.3 Å². The smallest absolute Gasteiger partial charge is 0.0404 e. The first-order valence-electron chi connectivity index (χ1n) is 9.83. The average Bonchev–Trinajstić information content (AvgIpc) is 2.67. The molecule has 0 bridgehead atoms. The summed E-state index contributed by atoms with van der Waals surface area (Å²) < 4.78 is 0. The van der Waals surface area contributed by atoms with Crippen molar-refractivity contribution < 1.29 is 0 Å². The molecule has 0 radical (unpaired) electrons. The molecule has 1 aliphatic rings. The lowest BCUT2D eigenvalue weighted by molar-refractivity contribution is 0.458. The van der Waals surface area contributed by atoms with Gasteiger partial charge in [-0.05, 0) is 69.3 Å². The Kier molecular flexibility index (Phi) is 22.5. The van der Waals surface area contributed by atoms with E-state index in [-0.39, 0.29) is 0 Å². The van der Waals surface area contributed by atoms with Crippen molar-refractivity contribution in [3.05, 3.63) is 28.6 Å². The molecule has 0 aromatic carbocycles. The van der Waals surface area contributed by atoms with Crippen LogP contribution in [0, 0.1) is 20.8 Å². The second-order valence-electron chi connectivity index (χ2n) is 4.57. The van der Waals surface area contributed by atoms with E-state index in [2.05, 4.69) is 37.3 Å². The number of piperidine rings is 1. The fourth-order valence-electron chi connectivity index (χ4n) is 2.39. The Morgan fingerprint density at radius 3 is 1.65 bits per heavy atom. The maximum Gasteiger partial charge on any atom is 0.0404 e. The molecule has 0 saturated carbocycles. The summed E-state index contributed by atoms with van der Waals surface area (Å²) in [7, 11) is 0. The van der Waals surface area contributed by atoms with E-state index < -0.39 is 0 Å². The van der Waals surface area contributed by atoms with E-state index in [1.54, 1.807) is 0 Å². The molecule has 1 N–H and O–H groups in total. The quantitative estimate of drug-likeness (QED) is 0.631. The standard InChI is InChI=1S/C13H20N2.4C2H6/c1-9-10(2)13(8-15-11(9)3)12-4-6-14-7-5-12;4*1-2/h8,12,14H,4-7H2,1-3H3;4*1-2H3. The van der Waals surface area contributed by atoms with Crippen LogP contribution in [0.25, 0.3) is 0 Å². The van der Waals surface area contributed by atoms with E-state index in [0.717, 1.165) is 19.0 Å². The molecule has 0 aliphatic carbocycles. The van der Waals surface area contributed by atoms with Gasteiger partial charge in [-0.15, -0.1) is 0 Å². The molecule has 0 atom stereocenters. The molecule has 1 aromatic heterocycles. The lowest BCUT2D eigenvalue weighted by Gasteiger charge is -2.25. The Balaban J connectivity index is -0.000000438. The topological polar surface area (TPSA) is 24.9 Å². The first kappa shape index (κ1) is 27.0. The lowest BCUT2D eigenvalue weighted by atomic mass is 9.87. The number of pyridine rings is 1. The fourth-order valence-corrected chi connectivity index (χ4v) is 2.39. The van der Waals surface area contributed by atoms with Gasteiger partial charge in [0.2, 0.25) is 0 Å². The van der Waals surface area contributed by atoms with Gasteiger partial charge in [0, 0.05) is 11.9 Å². The third-order valence-corrected chi connectivity index (χ3v) is 3.71. The second kappa shape index (κ2) is 19.2. The van der Waals surface area contributed by atoms with Gasteiger partial charge in [0.05, 0.1) is 0 Å². The van der Waals surface area contributed by atoms with Crippen molar-refractivity contribution in [2.24, 2.45) is 0 Å². The van der Waals surface area contributed by atoms with Crippen LogP contribution in [0.2, 0.25) is 0 Å². The minimum absolute atomic E-state index is 0.720. The Labute approximate surface area is 147 Å². The SMILES string of the molecule is CC.CC.CC.CC.Cc1ncc(C2CCNCC2)c(C)c1C. The minimum atomic E-state index is 0.720. The van der Waals surface area contributed by atoms with Crippen molar-refractivity contribution in [2.75, 3.05) is 13.1 Å². The van der Waals surface area contributed by atoms with Crippen molar-refractivity contribution in [2.45, 2.75) is 94.9 Å². The predicted molar refractivity (Wildman–Crippen MR) is 109 cm³/mol. The van der Waals surface area contributed by atoms with Crippen molar-refractivity contribution in [3.8, 4) is 0 Å². The van der Waals surface area contributed by atoms with Crippen LogP contribution < -0.4 is 5.32 Å². The molecule has 23 heavy (non-hydrogen) atoms. The van der Waals surface area contributed by atoms with E-state index in [4.69, 9.17) is 0 Å². The molecule has 1 saturated heterocycles. The van der Waals surface area contributed by atoms with E-state index in [9.17, 15) is 0 Å². The zero-order valence-corrected chi connectivity index (χ0v) is 17.9. The number of nitrogens with one attached hydrogen (secondary N) is 1. The first-order valence-corrected chi connectivity index (χ1v) is 9.83. The number of rotatable bonds is 1. The van der Waals surface area contributed by atoms with Gasteiger partial charge in [-0.3, -0.25) is 4.98 Å². The summed E-state index contributed by atoms with van der Waals surface area (Å²) in [6.07, 6.45) is 4.60.